The van der Waals surface area contributed by atoms with Crippen LogP contribution >= 0.6 is 15.9 Å². The largest absolute Gasteiger partial charge is 0.386 e. The Morgan fingerprint density at radius 2 is 2.29 bits per heavy atom. The third kappa shape index (κ3) is 2.92. The van der Waals surface area contributed by atoms with Crippen LogP contribution in [0.1, 0.15) is 17.4 Å². The summed E-state index contributed by atoms with van der Waals surface area (Å²) in [5.41, 5.74) is 1.31. The Balaban J connectivity index is 2.18. The van der Waals surface area contributed by atoms with Gasteiger partial charge in [0.25, 0.3) is 0 Å². The molecule has 0 aliphatic rings. The number of nitrogens with zero attached hydrogens (tertiary/aromatic N) is 2. The van der Waals surface area contributed by atoms with Gasteiger partial charge in [0.1, 0.15) is 11.9 Å². The van der Waals surface area contributed by atoms with E-state index in [1.807, 2.05) is 7.05 Å². The smallest absolute Gasteiger partial charge is 0.123 e. The molecule has 1 aromatic carbocycles. The minimum atomic E-state index is -0.728. The molecule has 1 atom stereocenters. The van der Waals surface area contributed by atoms with Gasteiger partial charge in [-0.05, 0) is 23.8 Å². The molecule has 0 aliphatic carbocycles. The molecule has 3 nitrogen and oxygen atoms in total. The summed E-state index contributed by atoms with van der Waals surface area (Å²) in [6.07, 6.45) is 2.97. The van der Waals surface area contributed by atoms with Crippen molar-refractivity contribution in [3.63, 3.8) is 0 Å². The van der Waals surface area contributed by atoms with Crippen LogP contribution in [0.4, 0.5) is 4.39 Å². The maximum Gasteiger partial charge on any atom is 0.123 e. The Morgan fingerprint density at radius 1 is 1.53 bits per heavy atom. The summed E-state index contributed by atoms with van der Waals surface area (Å²) in [5, 5.41) is 9.98. The lowest BCUT2D eigenvalue weighted by Gasteiger charge is -2.09. The van der Waals surface area contributed by atoms with Crippen LogP contribution in [0, 0.1) is 5.82 Å². The van der Waals surface area contributed by atoms with Crippen LogP contribution in [-0.4, -0.2) is 14.7 Å². The Morgan fingerprint density at radius 3 is 2.94 bits per heavy atom. The molecule has 5 heteroatoms. The molecule has 0 fully saturated rings. The number of halogens is 2. The second kappa shape index (κ2) is 4.98. The number of imidazole rings is 1. The van der Waals surface area contributed by atoms with Crippen molar-refractivity contribution < 1.29 is 9.50 Å². The number of benzene rings is 1. The molecule has 1 heterocycles. The minimum absolute atomic E-state index is 0.309. The third-order valence-corrected chi connectivity index (χ3v) is 3.26. The van der Waals surface area contributed by atoms with E-state index in [1.54, 1.807) is 23.2 Å². The standard InChI is InChI=1S/C12H12BrFN2O/c1-16-6-11(15-7-16)12(17)5-8-4-9(14)2-3-10(8)13/h2-4,6-7,12,17H,5H2,1H3. The summed E-state index contributed by atoms with van der Waals surface area (Å²) >= 11 is 3.33. The second-order valence-corrected chi connectivity index (χ2v) is 4.77. The van der Waals surface area contributed by atoms with Crippen molar-refractivity contribution in [1.82, 2.24) is 9.55 Å². The first-order valence-electron chi connectivity index (χ1n) is 5.16. The van der Waals surface area contributed by atoms with E-state index in [2.05, 4.69) is 20.9 Å². The molecule has 0 radical (unpaired) electrons. The highest BCUT2D eigenvalue weighted by molar-refractivity contribution is 9.10. The van der Waals surface area contributed by atoms with Crippen molar-refractivity contribution in [2.75, 3.05) is 0 Å². The number of aromatic nitrogens is 2. The minimum Gasteiger partial charge on any atom is -0.386 e. The van der Waals surface area contributed by atoms with Crippen LogP contribution in [0.15, 0.2) is 35.2 Å². The summed E-state index contributed by atoms with van der Waals surface area (Å²) in [6, 6.07) is 4.42. The number of hydrogen-bond acceptors (Lipinski definition) is 2. The van der Waals surface area contributed by atoms with Gasteiger partial charge in [-0.3, -0.25) is 0 Å². The zero-order valence-electron chi connectivity index (χ0n) is 9.27. The summed E-state index contributed by atoms with van der Waals surface area (Å²) in [4.78, 5) is 4.07. The van der Waals surface area contributed by atoms with Crippen molar-refractivity contribution in [3.8, 4) is 0 Å². The van der Waals surface area contributed by atoms with Crippen LogP contribution in [0.3, 0.4) is 0 Å². The molecule has 0 saturated carbocycles. The summed E-state index contributed by atoms with van der Waals surface area (Å²) in [6.45, 7) is 0. The predicted molar refractivity (Wildman–Crippen MR) is 66.0 cm³/mol. The van der Waals surface area contributed by atoms with Crippen molar-refractivity contribution >= 4 is 15.9 Å². The number of aliphatic hydroxyl groups excluding tert-OH is 1. The molecule has 1 unspecified atom stereocenters. The van der Waals surface area contributed by atoms with Gasteiger partial charge in [0.05, 0.1) is 12.0 Å². The van der Waals surface area contributed by atoms with E-state index in [4.69, 9.17) is 0 Å². The first kappa shape index (κ1) is 12.3. The summed E-state index contributed by atoms with van der Waals surface area (Å²) in [7, 11) is 1.83. The molecule has 2 aromatic rings. The Bertz CT molecular complexity index is 527. The third-order valence-electron chi connectivity index (χ3n) is 2.49. The molecule has 2 rings (SSSR count). The van der Waals surface area contributed by atoms with Crippen LogP contribution < -0.4 is 0 Å². The van der Waals surface area contributed by atoms with Gasteiger partial charge in [-0.2, -0.15) is 0 Å². The number of aryl methyl sites for hydroxylation is 1. The van der Waals surface area contributed by atoms with Crippen molar-refractivity contribution in [2.24, 2.45) is 7.05 Å². The molecule has 0 aliphatic heterocycles. The molecule has 0 saturated heterocycles. The van der Waals surface area contributed by atoms with E-state index in [0.717, 1.165) is 10.0 Å². The van der Waals surface area contributed by atoms with Gasteiger partial charge < -0.3 is 9.67 Å². The lowest BCUT2D eigenvalue weighted by molar-refractivity contribution is 0.173. The molecule has 1 aromatic heterocycles. The van der Waals surface area contributed by atoms with Crippen molar-refractivity contribution in [3.05, 3.63) is 52.3 Å². The highest BCUT2D eigenvalue weighted by Crippen LogP contribution is 2.23. The Labute approximate surface area is 107 Å². The van der Waals surface area contributed by atoms with Gasteiger partial charge in [-0.15, -0.1) is 0 Å². The Kier molecular flexibility index (Phi) is 3.59. The maximum atomic E-state index is 13.1. The number of rotatable bonds is 3. The van der Waals surface area contributed by atoms with E-state index >= 15 is 0 Å². The van der Waals surface area contributed by atoms with Crippen LogP contribution in [0.25, 0.3) is 0 Å². The lowest BCUT2D eigenvalue weighted by Crippen LogP contribution is -2.03. The van der Waals surface area contributed by atoms with Gasteiger partial charge >= 0.3 is 0 Å². The molecular weight excluding hydrogens is 287 g/mol. The molecule has 17 heavy (non-hydrogen) atoms. The lowest BCUT2D eigenvalue weighted by atomic mass is 10.1. The summed E-state index contributed by atoms with van der Waals surface area (Å²) in [5.74, 6) is -0.309. The highest BCUT2D eigenvalue weighted by atomic mass is 79.9. The number of aliphatic hydroxyl groups is 1. The summed E-state index contributed by atoms with van der Waals surface area (Å²) < 4.78 is 15.6. The zero-order chi connectivity index (χ0) is 12.4. The molecule has 90 valence electrons. The van der Waals surface area contributed by atoms with Gasteiger partial charge in [0.2, 0.25) is 0 Å². The van der Waals surface area contributed by atoms with E-state index in [-0.39, 0.29) is 5.82 Å². The van der Waals surface area contributed by atoms with E-state index < -0.39 is 6.10 Å². The van der Waals surface area contributed by atoms with Crippen LogP contribution in [0.2, 0.25) is 0 Å². The highest BCUT2D eigenvalue weighted by Gasteiger charge is 2.13. The fraction of sp³-hybridized carbons (Fsp3) is 0.250. The monoisotopic (exact) mass is 298 g/mol. The zero-order valence-corrected chi connectivity index (χ0v) is 10.9. The van der Waals surface area contributed by atoms with E-state index in [1.165, 1.54) is 12.1 Å². The quantitative estimate of drug-likeness (QED) is 0.946. The van der Waals surface area contributed by atoms with Gasteiger partial charge in [0, 0.05) is 24.1 Å². The molecule has 0 amide bonds. The van der Waals surface area contributed by atoms with E-state index in [9.17, 15) is 9.50 Å². The van der Waals surface area contributed by atoms with Crippen molar-refractivity contribution in [1.29, 1.82) is 0 Å². The van der Waals surface area contributed by atoms with Gasteiger partial charge in [0.15, 0.2) is 0 Å². The first-order chi connectivity index (χ1) is 8.06. The average molecular weight is 299 g/mol. The molecule has 0 bridgehead atoms. The fourth-order valence-corrected chi connectivity index (χ4v) is 2.03. The molecule has 1 N–H and O–H groups in total. The molecular formula is C12H12BrFN2O. The first-order valence-corrected chi connectivity index (χ1v) is 5.95. The van der Waals surface area contributed by atoms with Crippen LogP contribution in [0.5, 0.6) is 0 Å². The number of hydrogen-bond donors (Lipinski definition) is 1. The van der Waals surface area contributed by atoms with Crippen molar-refractivity contribution in [2.45, 2.75) is 12.5 Å². The predicted octanol–water partition coefficient (Wildman–Crippen LogP) is 2.60. The normalized spacial score (nSPS) is 12.7. The van der Waals surface area contributed by atoms with Crippen LogP contribution in [-0.2, 0) is 13.5 Å². The van der Waals surface area contributed by atoms with Gasteiger partial charge in [-0.25, -0.2) is 9.37 Å². The maximum absolute atomic E-state index is 13.1. The average Bonchev–Trinajstić information content (AvgIpc) is 2.70. The SMILES string of the molecule is Cn1cnc(C(O)Cc2cc(F)ccc2Br)c1. The molecule has 0 spiro atoms. The topological polar surface area (TPSA) is 38.0 Å². The fourth-order valence-electron chi connectivity index (χ4n) is 1.62. The van der Waals surface area contributed by atoms with Gasteiger partial charge in [-0.1, -0.05) is 15.9 Å². The Hall–Kier alpha value is -1.20. The second-order valence-electron chi connectivity index (χ2n) is 3.92. The van der Waals surface area contributed by atoms with E-state index in [0.29, 0.717) is 12.1 Å².